The zero-order valence-corrected chi connectivity index (χ0v) is 30.5. The molecular weight excluding hydrogens is 589 g/mol. The molecular formula is C36H69NO7P+. The van der Waals surface area contributed by atoms with Crippen LogP contribution in [0.25, 0.3) is 0 Å². The number of phosphoric acid groups is 1. The average Bonchev–Trinajstić information content (AvgIpc) is 2.96. The van der Waals surface area contributed by atoms with Gasteiger partial charge in [-0.05, 0) is 44.9 Å². The van der Waals surface area contributed by atoms with Crippen LogP contribution in [0.1, 0.15) is 129 Å². The normalized spacial score (nSPS) is 14.5. The zero-order valence-electron chi connectivity index (χ0n) is 29.6. The highest BCUT2D eigenvalue weighted by Crippen LogP contribution is 2.43. The predicted molar refractivity (Wildman–Crippen MR) is 187 cm³/mol. The van der Waals surface area contributed by atoms with E-state index in [0.717, 1.165) is 25.7 Å². The second kappa shape index (κ2) is 30.1. The second-order valence-electron chi connectivity index (χ2n) is 13.0. The quantitative estimate of drug-likeness (QED) is 0.0253. The molecule has 2 atom stereocenters. The molecule has 0 aliphatic heterocycles. The fraction of sp³-hybridized carbons (Fsp3) is 0.806. The van der Waals surface area contributed by atoms with E-state index < -0.39 is 19.9 Å². The number of carbonyl (C=O) groups excluding carboxylic acids is 1. The van der Waals surface area contributed by atoms with Crippen LogP contribution in [-0.4, -0.2) is 75.6 Å². The standard InChI is InChI=1S/C36H68NO7P/c1-6-7-8-9-10-11-12-13-14-15-16-17-18-19-20-21-22-23-24-25-26-27-28-29-31-41-33-36(44-35(2)38)34-43-45(39,40)42-32-30-37(3,4)5/h12-13,15-16,18-19,36H,6-11,14,17,20-34H2,1-5H3/p+1/b13-12-,16-15-,19-18-. The molecule has 0 rings (SSSR count). The minimum Gasteiger partial charge on any atom is -0.458 e. The van der Waals surface area contributed by atoms with Gasteiger partial charge in [-0.25, -0.2) is 4.57 Å². The first-order valence-electron chi connectivity index (χ1n) is 17.7. The first kappa shape index (κ1) is 43.7. The van der Waals surface area contributed by atoms with Crippen LogP contribution in [0, 0.1) is 0 Å². The fourth-order valence-electron chi connectivity index (χ4n) is 4.56. The number of quaternary nitrogens is 1. The van der Waals surface area contributed by atoms with Gasteiger partial charge in [0.05, 0.1) is 34.4 Å². The van der Waals surface area contributed by atoms with Crippen LogP contribution in [0.4, 0.5) is 0 Å². The Hall–Kier alpha value is -1.28. The van der Waals surface area contributed by atoms with Crippen LogP contribution in [0.3, 0.4) is 0 Å². The van der Waals surface area contributed by atoms with Crippen LogP contribution >= 0.6 is 7.82 Å². The summed E-state index contributed by atoms with van der Waals surface area (Å²) in [6.07, 6.45) is 35.2. The number of carbonyl (C=O) groups is 1. The van der Waals surface area contributed by atoms with E-state index in [4.69, 9.17) is 18.5 Å². The molecule has 9 heteroatoms. The maximum atomic E-state index is 12.1. The van der Waals surface area contributed by atoms with Crippen molar-refractivity contribution in [1.82, 2.24) is 0 Å². The monoisotopic (exact) mass is 658 g/mol. The summed E-state index contributed by atoms with van der Waals surface area (Å²) in [6.45, 7) is 4.59. The van der Waals surface area contributed by atoms with E-state index in [1.54, 1.807) is 0 Å². The molecule has 8 nitrogen and oxygen atoms in total. The van der Waals surface area contributed by atoms with Gasteiger partial charge < -0.3 is 18.9 Å². The van der Waals surface area contributed by atoms with Gasteiger partial charge in [0.15, 0.2) is 0 Å². The highest BCUT2D eigenvalue weighted by molar-refractivity contribution is 7.47. The summed E-state index contributed by atoms with van der Waals surface area (Å²) in [5.41, 5.74) is 0. The average molecular weight is 659 g/mol. The lowest BCUT2D eigenvalue weighted by atomic mass is 10.1. The molecule has 0 aromatic rings. The zero-order chi connectivity index (χ0) is 33.5. The summed E-state index contributed by atoms with van der Waals surface area (Å²) in [4.78, 5) is 21.3. The topological polar surface area (TPSA) is 91.3 Å². The molecule has 0 aliphatic rings. The predicted octanol–water partition coefficient (Wildman–Crippen LogP) is 9.48. The third kappa shape index (κ3) is 35.4. The first-order chi connectivity index (χ1) is 21.6. The van der Waals surface area contributed by atoms with Crippen molar-refractivity contribution in [3.63, 3.8) is 0 Å². The summed E-state index contributed by atoms with van der Waals surface area (Å²) in [7, 11) is 1.65. The number of esters is 1. The molecule has 0 heterocycles. The Morgan fingerprint density at radius 3 is 1.69 bits per heavy atom. The van der Waals surface area contributed by atoms with Crippen molar-refractivity contribution in [1.29, 1.82) is 0 Å². The molecule has 0 aliphatic carbocycles. The van der Waals surface area contributed by atoms with Gasteiger partial charge in [-0.15, -0.1) is 0 Å². The summed E-state index contributed by atoms with van der Waals surface area (Å²) in [5, 5.41) is 0. The van der Waals surface area contributed by atoms with Crippen molar-refractivity contribution in [3.8, 4) is 0 Å². The lowest BCUT2D eigenvalue weighted by Crippen LogP contribution is -2.37. The van der Waals surface area contributed by atoms with E-state index in [9.17, 15) is 14.3 Å². The Bertz CT molecular complexity index is 823. The Kier molecular flexibility index (Phi) is 29.2. The Morgan fingerprint density at radius 1 is 0.689 bits per heavy atom. The van der Waals surface area contributed by atoms with Crippen LogP contribution in [0.15, 0.2) is 36.5 Å². The van der Waals surface area contributed by atoms with Gasteiger partial charge in [0, 0.05) is 13.5 Å². The van der Waals surface area contributed by atoms with E-state index in [1.165, 1.54) is 96.8 Å². The number of ether oxygens (including phenoxy) is 2. The number of unbranched alkanes of at least 4 members (excludes halogenated alkanes) is 14. The molecule has 0 fully saturated rings. The third-order valence-electron chi connectivity index (χ3n) is 7.25. The van der Waals surface area contributed by atoms with Gasteiger partial charge in [-0.1, -0.05) is 114 Å². The lowest BCUT2D eigenvalue weighted by Gasteiger charge is -2.24. The van der Waals surface area contributed by atoms with Crippen molar-refractivity contribution in [2.45, 2.75) is 136 Å². The molecule has 0 spiro atoms. The maximum Gasteiger partial charge on any atom is 0.472 e. The molecule has 0 aromatic carbocycles. The van der Waals surface area contributed by atoms with Crippen molar-refractivity contribution in [2.24, 2.45) is 0 Å². The summed E-state index contributed by atoms with van der Waals surface area (Å²) >= 11 is 0. The van der Waals surface area contributed by atoms with E-state index >= 15 is 0 Å². The van der Waals surface area contributed by atoms with Crippen molar-refractivity contribution in [3.05, 3.63) is 36.5 Å². The number of likely N-dealkylation sites (N-methyl/N-ethyl adjacent to an activating group) is 1. The van der Waals surface area contributed by atoms with E-state index in [1.807, 2.05) is 21.1 Å². The smallest absolute Gasteiger partial charge is 0.458 e. The van der Waals surface area contributed by atoms with Gasteiger partial charge in [0.25, 0.3) is 0 Å². The molecule has 0 amide bonds. The van der Waals surface area contributed by atoms with Gasteiger partial charge in [0.1, 0.15) is 19.3 Å². The van der Waals surface area contributed by atoms with Gasteiger partial charge in [-0.2, -0.15) is 0 Å². The molecule has 45 heavy (non-hydrogen) atoms. The molecule has 264 valence electrons. The Morgan fingerprint density at radius 2 is 1.18 bits per heavy atom. The molecule has 2 unspecified atom stereocenters. The minimum absolute atomic E-state index is 0.0832. The summed E-state index contributed by atoms with van der Waals surface area (Å²) in [6, 6.07) is 0. The number of nitrogens with zero attached hydrogens (tertiary/aromatic N) is 1. The van der Waals surface area contributed by atoms with E-state index in [0.29, 0.717) is 17.6 Å². The number of allylic oxidation sites excluding steroid dienone is 6. The number of rotatable bonds is 32. The van der Waals surface area contributed by atoms with Crippen LogP contribution < -0.4 is 0 Å². The summed E-state index contributed by atoms with van der Waals surface area (Å²) in [5.74, 6) is -0.493. The van der Waals surface area contributed by atoms with Crippen molar-refractivity contribution >= 4 is 13.8 Å². The fourth-order valence-corrected chi connectivity index (χ4v) is 5.30. The third-order valence-corrected chi connectivity index (χ3v) is 8.24. The Balaban J connectivity index is 3.66. The van der Waals surface area contributed by atoms with Gasteiger partial charge >= 0.3 is 13.8 Å². The maximum absolute atomic E-state index is 12.1. The molecule has 0 aromatic heterocycles. The highest BCUT2D eigenvalue weighted by Gasteiger charge is 2.25. The van der Waals surface area contributed by atoms with Gasteiger partial charge in [0.2, 0.25) is 0 Å². The van der Waals surface area contributed by atoms with Crippen LogP contribution in [0.2, 0.25) is 0 Å². The number of hydrogen-bond donors (Lipinski definition) is 1. The highest BCUT2D eigenvalue weighted by atomic mass is 31.2. The largest absolute Gasteiger partial charge is 0.472 e. The molecule has 0 saturated heterocycles. The molecule has 0 bridgehead atoms. The van der Waals surface area contributed by atoms with Crippen molar-refractivity contribution in [2.75, 3.05) is 54.1 Å². The molecule has 0 saturated carbocycles. The lowest BCUT2D eigenvalue weighted by molar-refractivity contribution is -0.870. The first-order valence-corrected chi connectivity index (χ1v) is 19.2. The Labute approximate surface area is 276 Å². The molecule has 0 radical (unpaired) electrons. The van der Waals surface area contributed by atoms with Crippen LogP contribution in [-0.2, 0) is 27.9 Å². The summed E-state index contributed by atoms with van der Waals surface area (Å²) < 4.78 is 33.6. The molecule has 1 N–H and O–H groups in total. The van der Waals surface area contributed by atoms with E-state index in [-0.39, 0.29) is 19.8 Å². The van der Waals surface area contributed by atoms with Crippen molar-refractivity contribution < 1.29 is 37.3 Å². The van der Waals surface area contributed by atoms with Gasteiger partial charge in [-0.3, -0.25) is 13.8 Å². The number of hydrogen-bond acceptors (Lipinski definition) is 6. The number of phosphoric ester groups is 1. The minimum atomic E-state index is -4.22. The van der Waals surface area contributed by atoms with E-state index in [2.05, 4.69) is 43.4 Å². The SMILES string of the molecule is CCCCCCC/C=C\C/C=C\C/C=C\CCCCCCCCCCCOCC(COP(=O)(O)OCC[N+](C)(C)C)OC(C)=O. The second-order valence-corrected chi connectivity index (χ2v) is 14.4. The van der Waals surface area contributed by atoms with Crippen LogP contribution in [0.5, 0.6) is 0 Å².